The summed E-state index contributed by atoms with van der Waals surface area (Å²) in [7, 11) is 0. The third-order valence-corrected chi connectivity index (χ3v) is 5.81. The Morgan fingerprint density at radius 2 is 1.41 bits per heavy atom. The Morgan fingerprint density at radius 3 is 2.07 bits per heavy atom. The SMILES string of the molecule is Clc1ccc(Br)c2ccoc12.Clc1ccc(N2CCNCC2)c2ccoc12. The van der Waals surface area contributed by atoms with Crippen LogP contribution in [0.4, 0.5) is 5.69 Å². The van der Waals surface area contributed by atoms with Gasteiger partial charge in [-0.25, -0.2) is 0 Å². The number of furan rings is 2. The lowest BCUT2D eigenvalue weighted by molar-refractivity contribution is 0.590. The molecule has 4 aromatic rings. The van der Waals surface area contributed by atoms with E-state index in [1.807, 2.05) is 24.3 Å². The number of piperazine rings is 1. The Labute approximate surface area is 175 Å². The third kappa shape index (κ3) is 3.83. The lowest BCUT2D eigenvalue weighted by atomic mass is 10.2. The molecule has 0 amide bonds. The first-order valence-corrected chi connectivity index (χ1v) is 10.1. The van der Waals surface area contributed by atoms with Crippen LogP contribution in [0, 0.1) is 0 Å². The Balaban J connectivity index is 0.000000143. The van der Waals surface area contributed by atoms with Gasteiger partial charge in [0, 0.05) is 47.1 Å². The van der Waals surface area contributed by atoms with Crippen LogP contribution in [-0.2, 0) is 0 Å². The van der Waals surface area contributed by atoms with Gasteiger partial charge in [-0.15, -0.1) is 0 Å². The molecule has 5 rings (SSSR count). The Bertz CT molecular complexity index is 1030. The van der Waals surface area contributed by atoms with Crippen LogP contribution in [0.25, 0.3) is 21.9 Å². The molecule has 3 heterocycles. The summed E-state index contributed by atoms with van der Waals surface area (Å²) in [6, 6.07) is 11.6. The molecule has 1 aliphatic heterocycles. The average Bonchev–Trinajstić information content (AvgIpc) is 3.37. The largest absolute Gasteiger partial charge is 0.463 e. The molecular formula is C20H17BrCl2N2O2. The molecule has 1 aliphatic rings. The predicted molar refractivity (Wildman–Crippen MR) is 115 cm³/mol. The highest BCUT2D eigenvalue weighted by molar-refractivity contribution is 9.10. The van der Waals surface area contributed by atoms with Crippen molar-refractivity contribution in [3.8, 4) is 0 Å². The fourth-order valence-electron chi connectivity index (χ4n) is 3.19. The minimum absolute atomic E-state index is 0.646. The van der Waals surface area contributed by atoms with Gasteiger partial charge in [0.2, 0.25) is 0 Å². The van der Waals surface area contributed by atoms with Gasteiger partial charge in [-0.3, -0.25) is 0 Å². The molecule has 7 heteroatoms. The average molecular weight is 468 g/mol. The van der Waals surface area contributed by atoms with Crippen LogP contribution in [0.15, 0.2) is 62.2 Å². The van der Waals surface area contributed by atoms with Crippen molar-refractivity contribution in [2.75, 3.05) is 31.1 Å². The smallest absolute Gasteiger partial charge is 0.154 e. The Morgan fingerprint density at radius 1 is 0.815 bits per heavy atom. The van der Waals surface area contributed by atoms with Crippen LogP contribution < -0.4 is 10.2 Å². The summed E-state index contributed by atoms with van der Waals surface area (Å²) < 4.78 is 11.6. The minimum Gasteiger partial charge on any atom is -0.463 e. The molecule has 0 spiro atoms. The van der Waals surface area contributed by atoms with Gasteiger partial charge in [-0.2, -0.15) is 0 Å². The maximum absolute atomic E-state index is 6.08. The number of benzene rings is 2. The lowest BCUT2D eigenvalue weighted by Gasteiger charge is -2.29. The number of hydrogen-bond acceptors (Lipinski definition) is 4. The molecule has 27 heavy (non-hydrogen) atoms. The molecule has 0 bridgehead atoms. The summed E-state index contributed by atoms with van der Waals surface area (Å²) in [6.07, 6.45) is 3.32. The van der Waals surface area contributed by atoms with Crippen molar-refractivity contribution >= 4 is 66.8 Å². The van der Waals surface area contributed by atoms with E-state index in [0.29, 0.717) is 10.0 Å². The van der Waals surface area contributed by atoms with Gasteiger partial charge in [0.05, 0.1) is 22.6 Å². The van der Waals surface area contributed by atoms with Crippen LogP contribution in [0.3, 0.4) is 0 Å². The second-order valence-electron chi connectivity index (χ2n) is 6.16. The number of anilines is 1. The van der Waals surface area contributed by atoms with Crippen LogP contribution in [0.2, 0.25) is 10.0 Å². The maximum Gasteiger partial charge on any atom is 0.154 e. The van der Waals surface area contributed by atoms with E-state index in [2.05, 4.69) is 32.2 Å². The highest BCUT2D eigenvalue weighted by Gasteiger charge is 2.15. The van der Waals surface area contributed by atoms with Crippen molar-refractivity contribution in [3.63, 3.8) is 0 Å². The summed E-state index contributed by atoms with van der Waals surface area (Å²) in [5.41, 5.74) is 2.74. The van der Waals surface area contributed by atoms with Gasteiger partial charge in [-0.1, -0.05) is 39.1 Å². The standard InChI is InChI=1S/C12H13ClN2O.C8H4BrClO/c13-10-1-2-11(9-3-8-16-12(9)10)15-6-4-14-5-7-15;9-6-1-2-7(10)8-5(6)3-4-11-8/h1-3,8,14H,4-7H2;1-4H. The number of halogens is 3. The normalized spacial score (nSPS) is 14.4. The molecule has 2 aromatic carbocycles. The first-order chi connectivity index (χ1) is 13.1. The molecule has 1 N–H and O–H groups in total. The molecule has 1 fully saturated rings. The first kappa shape index (κ1) is 18.7. The van der Waals surface area contributed by atoms with Crippen molar-refractivity contribution in [1.29, 1.82) is 0 Å². The highest BCUT2D eigenvalue weighted by Crippen LogP contribution is 2.33. The molecule has 0 atom stereocenters. The maximum atomic E-state index is 6.08. The monoisotopic (exact) mass is 466 g/mol. The van der Waals surface area contributed by atoms with Gasteiger partial charge >= 0.3 is 0 Å². The molecular weight excluding hydrogens is 451 g/mol. The molecule has 140 valence electrons. The summed E-state index contributed by atoms with van der Waals surface area (Å²) >= 11 is 15.3. The number of hydrogen-bond donors (Lipinski definition) is 1. The molecule has 1 saturated heterocycles. The number of nitrogens with one attached hydrogen (secondary N) is 1. The zero-order valence-corrected chi connectivity index (χ0v) is 17.4. The second kappa shape index (κ2) is 8.15. The van der Waals surface area contributed by atoms with E-state index in [9.17, 15) is 0 Å². The fraction of sp³-hybridized carbons (Fsp3) is 0.200. The zero-order chi connectivity index (χ0) is 18.8. The molecule has 2 aromatic heterocycles. The lowest BCUT2D eigenvalue weighted by Crippen LogP contribution is -2.43. The van der Waals surface area contributed by atoms with Crippen molar-refractivity contribution in [3.05, 3.63) is 63.4 Å². The second-order valence-corrected chi connectivity index (χ2v) is 7.83. The van der Waals surface area contributed by atoms with E-state index < -0.39 is 0 Å². The van der Waals surface area contributed by atoms with Crippen LogP contribution in [0.1, 0.15) is 0 Å². The Hall–Kier alpha value is -1.66. The van der Waals surface area contributed by atoms with E-state index in [4.69, 9.17) is 32.0 Å². The van der Waals surface area contributed by atoms with Crippen LogP contribution >= 0.6 is 39.1 Å². The summed E-state index contributed by atoms with van der Waals surface area (Å²) in [5.74, 6) is 0. The Kier molecular flexibility index (Phi) is 5.64. The van der Waals surface area contributed by atoms with Gasteiger partial charge < -0.3 is 19.1 Å². The highest BCUT2D eigenvalue weighted by atomic mass is 79.9. The predicted octanol–water partition coefficient (Wildman–Crippen LogP) is 6.34. The molecule has 4 nitrogen and oxygen atoms in total. The number of rotatable bonds is 1. The molecule has 0 unspecified atom stereocenters. The van der Waals surface area contributed by atoms with Gasteiger partial charge in [-0.05, 0) is 36.4 Å². The summed E-state index contributed by atoms with van der Waals surface area (Å²) in [6.45, 7) is 4.12. The van der Waals surface area contributed by atoms with E-state index in [1.165, 1.54) is 5.69 Å². The number of fused-ring (bicyclic) bond motifs is 2. The zero-order valence-electron chi connectivity index (χ0n) is 14.3. The third-order valence-electron chi connectivity index (χ3n) is 4.52. The first-order valence-electron chi connectivity index (χ1n) is 8.58. The van der Waals surface area contributed by atoms with Crippen molar-refractivity contribution in [2.24, 2.45) is 0 Å². The summed E-state index contributed by atoms with van der Waals surface area (Å²) in [4.78, 5) is 2.37. The summed E-state index contributed by atoms with van der Waals surface area (Å²) in [5, 5.41) is 6.79. The molecule has 0 aliphatic carbocycles. The van der Waals surface area contributed by atoms with Crippen LogP contribution in [-0.4, -0.2) is 26.2 Å². The van der Waals surface area contributed by atoms with E-state index in [0.717, 1.165) is 52.6 Å². The topological polar surface area (TPSA) is 41.6 Å². The van der Waals surface area contributed by atoms with Crippen molar-refractivity contribution in [1.82, 2.24) is 5.32 Å². The van der Waals surface area contributed by atoms with Crippen molar-refractivity contribution in [2.45, 2.75) is 0 Å². The van der Waals surface area contributed by atoms with Gasteiger partial charge in [0.25, 0.3) is 0 Å². The van der Waals surface area contributed by atoms with E-state index in [-0.39, 0.29) is 0 Å². The van der Waals surface area contributed by atoms with Crippen LogP contribution in [0.5, 0.6) is 0 Å². The fourth-order valence-corrected chi connectivity index (χ4v) is 4.05. The van der Waals surface area contributed by atoms with Gasteiger partial charge in [0.1, 0.15) is 0 Å². The van der Waals surface area contributed by atoms with Crippen molar-refractivity contribution < 1.29 is 8.83 Å². The number of nitrogens with zero attached hydrogens (tertiary/aromatic N) is 1. The van der Waals surface area contributed by atoms with E-state index in [1.54, 1.807) is 18.6 Å². The minimum atomic E-state index is 0.646. The van der Waals surface area contributed by atoms with Gasteiger partial charge in [0.15, 0.2) is 11.2 Å². The quantitative estimate of drug-likeness (QED) is 0.354. The molecule has 0 saturated carbocycles. The molecule has 0 radical (unpaired) electrons. The van der Waals surface area contributed by atoms with E-state index >= 15 is 0 Å².